The second-order valence-corrected chi connectivity index (χ2v) is 7.16. The number of halogens is 1. The van der Waals surface area contributed by atoms with E-state index >= 15 is 0 Å². The number of anilines is 2. The molecular weight excluding hydrogens is 348 g/mol. The van der Waals surface area contributed by atoms with Crippen molar-refractivity contribution in [2.24, 2.45) is 0 Å². The first kappa shape index (κ1) is 21.0. The fraction of sp³-hybridized carbons (Fsp3) is 0.650. The molecule has 5 nitrogen and oxygen atoms in total. The fourth-order valence-electron chi connectivity index (χ4n) is 3.84. The summed E-state index contributed by atoms with van der Waals surface area (Å²) in [7, 11) is 0. The minimum absolute atomic E-state index is 0. The molecule has 2 aliphatic heterocycles. The Morgan fingerprint density at radius 3 is 2.50 bits per heavy atom. The standard InChI is InChI=1S/C20H32N4O.ClH/c1-3-20(25)17-14-18(22-8-11-23-9-4-5-10-23)16(2)19(15-17)24-12-6-21-7-13-24;/h14-15,21-22H,3-13H2,1-2H3;1H. The summed E-state index contributed by atoms with van der Waals surface area (Å²) in [4.78, 5) is 17.2. The van der Waals surface area contributed by atoms with Gasteiger partial charge in [-0.2, -0.15) is 0 Å². The van der Waals surface area contributed by atoms with Crippen molar-refractivity contribution in [3.63, 3.8) is 0 Å². The van der Waals surface area contributed by atoms with Gasteiger partial charge in [0.25, 0.3) is 0 Å². The van der Waals surface area contributed by atoms with Crippen LogP contribution in [-0.2, 0) is 0 Å². The van der Waals surface area contributed by atoms with E-state index in [1.54, 1.807) is 0 Å². The maximum absolute atomic E-state index is 12.3. The van der Waals surface area contributed by atoms with Crippen LogP contribution in [-0.4, -0.2) is 63.0 Å². The lowest BCUT2D eigenvalue weighted by atomic mass is 10.0. The first-order valence-corrected chi connectivity index (χ1v) is 9.78. The largest absolute Gasteiger partial charge is 0.383 e. The zero-order valence-corrected chi connectivity index (χ0v) is 17.0. The molecule has 146 valence electrons. The van der Waals surface area contributed by atoms with E-state index in [2.05, 4.69) is 39.5 Å². The van der Waals surface area contributed by atoms with Gasteiger partial charge in [0.1, 0.15) is 0 Å². The lowest BCUT2D eigenvalue weighted by Gasteiger charge is -2.32. The fourth-order valence-corrected chi connectivity index (χ4v) is 3.84. The summed E-state index contributed by atoms with van der Waals surface area (Å²) in [5.74, 6) is 0.221. The summed E-state index contributed by atoms with van der Waals surface area (Å²) >= 11 is 0. The number of ketones is 1. The number of piperazine rings is 1. The molecule has 0 unspecified atom stereocenters. The second-order valence-electron chi connectivity index (χ2n) is 7.16. The third kappa shape index (κ3) is 5.12. The Bertz CT molecular complexity index is 596. The van der Waals surface area contributed by atoms with Crippen LogP contribution < -0.4 is 15.5 Å². The summed E-state index contributed by atoms with van der Waals surface area (Å²) in [5.41, 5.74) is 4.43. The van der Waals surface area contributed by atoms with E-state index in [1.807, 2.05) is 6.92 Å². The monoisotopic (exact) mass is 380 g/mol. The van der Waals surface area contributed by atoms with Gasteiger partial charge in [-0.3, -0.25) is 4.79 Å². The molecule has 0 bridgehead atoms. The molecule has 2 heterocycles. The number of rotatable bonds is 7. The van der Waals surface area contributed by atoms with E-state index in [4.69, 9.17) is 0 Å². The molecule has 0 radical (unpaired) electrons. The van der Waals surface area contributed by atoms with Crippen LogP contribution in [0.3, 0.4) is 0 Å². The van der Waals surface area contributed by atoms with Crippen molar-refractivity contribution < 1.29 is 4.79 Å². The summed E-state index contributed by atoms with van der Waals surface area (Å²) in [6.07, 6.45) is 3.20. The zero-order chi connectivity index (χ0) is 17.6. The molecule has 26 heavy (non-hydrogen) atoms. The lowest BCUT2D eigenvalue weighted by molar-refractivity contribution is 0.0988. The van der Waals surface area contributed by atoms with E-state index in [0.29, 0.717) is 6.42 Å². The molecule has 0 spiro atoms. The number of carbonyl (C=O) groups is 1. The highest BCUT2D eigenvalue weighted by Gasteiger charge is 2.18. The average Bonchev–Trinajstić information content (AvgIpc) is 3.16. The van der Waals surface area contributed by atoms with Gasteiger partial charge >= 0.3 is 0 Å². The second kappa shape index (κ2) is 10.1. The van der Waals surface area contributed by atoms with Gasteiger partial charge in [-0.1, -0.05) is 6.92 Å². The summed E-state index contributed by atoms with van der Waals surface area (Å²) in [5, 5.41) is 7.01. The molecule has 0 amide bonds. The Morgan fingerprint density at radius 2 is 1.85 bits per heavy atom. The third-order valence-electron chi connectivity index (χ3n) is 5.42. The van der Waals surface area contributed by atoms with Crippen LogP contribution in [0.1, 0.15) is 42.1 Å². The highest BCUT2D eigenvalue weighted by Crippen LogP contribution is 2.30. The van der Waals surface area contributed by atoms with Gasteiger partial charge in [0.2, 0.25) is 0 Å². The van der Waals surface area contributed by atoms with Crippen LogP contribution in [0.4, 0.5) is 11.4 Å². The molecule has 3 rings (SSSR count). The van der Waals surface area contributed by atoms with Crippen LogP contribution in [0, 0.1) is 6.92 Å². The first-order chi connectivity index (χ1) is 12.2. The van der Waals surface area contributed by atoms with Crippen molar-refractivity contribution in [2.45, 2.75) is 33.1 Å². The number of benzene rings is 1. The number of Topliss-reactive ketones (excluding diaryl/α,β-unsaturated/α-hetero) is 1. The minimum atomic E-state index is 0. The maximum atomic E-state index is 12.3. The van der Waals surface area contributed by atoms with E-state index in [9.17, 15) is 4.79 Å². The van der Waals surface area contributed by atoms with Crippen LogP contribution in [0.15, 0.2) is 12.1 Å². The predicted octanol–water partition coefficient (Wildman–Crippen LogP) is 2.93. The Morgan fingerprint density at radius 1 is 1.15 bits per heavy atom. The topological polar surface area (TPSA) is 47.6 Å². The highest BCUT2D eigenvalue weighted by atomic mass is 35.5. The van der Waals surface area contributed by atoms with Gasteiger partial charge in [-0.25, -0.2) is 0 Å². The van der Waals surface area contributed by atoms with Crippen LogP contribution in [0.25, 0.3) is 0 Å². The van der Waals surface area contributed by atoms with E-state index in [0.717, 1.165) is 50.5 Å². The van der Waals surface area contributed by atoms with Crippen molar-refractivity contribution >= 4 is 29.6 Å². The number of carbonyl (C=O) groups excluding carboxylic acids is 1. The molecule has 2 aliphatic rings. The third-order valence-corrected chi connectivity index (χ3v) is 5.42. The molecule has 2 N–H and O–H groups in total. The van der Waals surface area contributed by atoms with Crippen LogP contribution in [0.5, 0.6) is 0 Å². The number of hydrogen-bond acceptors (Lipinski definition) is 5. The van der Waals surface area contributed by atoms with Crippen molar-refractivity contribution in [2.75, 3.05) is 62.6 Å². The van der Waals surface area contributed by atoms with Crippen molar-refractivity contribution in [1.82, 2.24) is 10.2 Å². The molecule has 1 aromatic rings. The number of nitrogens with zero attached hydrogens (tertiary/aromatic N) is 2. The molecule has 1 aromatic carbocycles. The van der Waals surface area contributed by atoms with Crippen molar-refractivity contribution in [3.8, 4) is 0 Å². The number of likely N-dealkylation sites (tertiary alicyclic amines) is 1. The summed E-state index contributed by atoms with van der Waals surface area (Å²) in [6, 6.07) is 4.15. The zero-order valence-electron chi connectivity index (χ0n) is 16.1. The molecule has 0 saturated carbocycles. The minimum Gasteiger partial charge on any atom is -0.383 e. The summed E-state index contributed by atoms with van der Waals surface area (Å²) < 4.78 is 0. The Labute approximate surface area is 163 Å². The van der Waals surface area contributed by atoms with Gasteiger partial charge in [-0.05, 0) is 50.6 Å². The summed E-state index contributed by atoms with van der Waals surface area (Å²) in [6.45, 7) is 12.6. The van der Waals surface area contributed by atoms with Gasteiger partial charge in [0.15, 0.2) is 5.78 Å². The first-order valence-electron chi connectivity index (χ1n) is 9.78. The number of hydrogen-bond donors (Lipinski definition) is 2. The molecule has 6 heteroatoms. The lowest BCUT2D eigenvalue weighted by Crippen LogP contribution is -2.43. The van der Waals surface area contributed by atoms with Crippen molar-refractivity contribution in [1.29, 1.82) is 0 Å². The highest BCUT2D eigenvalue weighted by molar-refractivity contribution is 5.98. The van der Waals surface area contributed by atoms with Gasteiger partial charge < -0.3 is 20.4 Å². The Hall–Kier alpha value is -1.30. The molecule has 0 aliphatic carbocycles. The van der Waals surface area contributed by atoms with Gasteiger partial charge in [0.05, 0.1) is 0 Å². The number of nitrogens with one attached hydrogen (secondary N) is 2. The van der Waals surface area contributed by atoms with E-state index < -0.39 is 0 Å². The Kier molecular flexibility index (Phi) is 8.19. The molecule has 0 aromatic heterocycles. The van der Waals surface area contributed by atoms with E-state index in [1.165, 1.54) is 37.2 Å². The predicted molar refractivity (Wildman–Crippen MR) is 112 cm³/mol. The maximum Gasteiger partial charge on any atom is 0.162 e. The Balaban J connectivity index is 0.00000243. The van der Waals surface area contributed by atoms with Crippen LogP contribution >= 0.6 is 12.4 Å². The van der Waals surface area contributed by atoms with Gasteiger partial charge in [0, 0.05) is 62.6 Å². The van der Waals surface area contributed by atoms with Crippen LogP contribution in [0.2, 0.25) is 0 Å². The SMILES string of the molecule is CCC(=O)c1cc(NCCN2CCCC2)c(C)c(N2CCNCC2)c1.Cl. The van der Waals surface area contributed by atoms with E-state index in [-0.39, 0.29) is 18.2 Å². The molecular formula is C20H33ClN4O. The normalized spacial score (nSPS) is 17.8. The van der Waals surface area contributed by atoms with Gasteiger partial charge in [-0.15, -0.1) is 12.4 Å². The quantitative estimate of drug-likeness (QED) is 0.712. The van der Waals surface area contributed by atoms with Crippen molar-refractivity contribution in [3.05, 3.63) is 23.3 Å². The molecule has 0 atom stereocenters. The average molecular weight is 381 g/mol. The molecule has 2 fully saturated rings. The molecule has 2 saturated heterocycles. The smallest absolute Gasteiger partial charge is 0.162 e.